The van der Waals surface area contributed by atoms with E-state index in [4.69, 9.17) is 4.74 Å². The Morgan fingerprint density at radius 3 is 1.96 bits per heavy atom. The van der Waals surface area contributed by atoms with Crippen LogP contribution >= 0.6 is 0 Å². The number of methoxy groups -OCH3 is 1. The Morgan fingerprint density at radius 2 is 1.28 bits per heavy atom. The Labute approximate surface area is 146 Å². The Hall–Kier alpha value is -3.33. The number of hydrogen-bond donors (Lipinski definition) is 1. The molecule has 1 N–H and O–H groups in total. The highest BCUT2D eigenvalue weighted by Crippen LogP contribution is 2.27. The standard InChI is InChI=1S/C22H18N2O/c1-25-20-13-11-19(12-14-20)22-15-21(23-24-22)18-9-7-17(8-10-18)16-5-3-2-4-6-16/h2-15H,1H3,(H,23,24). The second-order valence-corrected chi connectivity index (χ2v) is 5.84. The first-order valence-corrected chi connectivity index (χ1v) is 8.19. The van der Waals surface area contributed by atoms with Gasteiger partial charge in [-0.1, -0.05) is 54.6 Å². The Balaban J connectivity index is 1.59. The molecular formula is C22H18N2O. The summed E-state index contributed by atoms with van der Waals surface area (Å²) in [6.45, 7) is 0. The van der Waals surface area contributed by atoms with Gasteiger partial charge in [0.05, 0.1) is 18.5 Å². The van der Waals surface area contributed by atoms with Gasteiger partial charge in [0.2, 0.25) is 0 Å². The van der Waals surface area contributed by atoms with E-state index in [1.165, 1.54) is 11.1 Å². The molecule has 3 nitrogen and oxygen atoms in total. The van der Waals surface area contributed by atoms with Gasteiger partial charge in [-0.2, -0.15) is 5.10 Å². The summed E-state index contributed by atoms with van der Waals surface area (Å²) in [6.07, 6.45) is 0. The maximum Gasteiger partial charge on any atom is 0.118 e. The van der Waals surface area contributed by atoms with Gasteiger partial charge in [-0.3, -0.25) is 5.10 Å². The molecule has 25 heavy (non-hydrogen) atoms. The van der Waals surface area contributed by atoms with E-state index in [1.54, 1.807) is 7.11 Å². The molecule has 0 saturated carbocycles. The molecule has 0 radical (unpaired) electrons. The van der Waals surface area contributed by atoms with Gasteiger partial charge in [0.25, 0.3) is 0 Å². The number of hydrogen-bond acceptors (Lipinski definition) is 2. The number of H-pyrrole nitrogens is 1. The zero-order valence-corrected chi connectivity index (χ0v) is 13.9. The topological polar surface area (TPSA) is 37.9 Å². The third-order valence-electron chi connectivity index (χ3n) is 4.27. The van der Waals surface area contributed by atoms with Crippen molar-refractivity contribution in [2.75, 3.05) is 7.11 Å². The zero-order valence-electron chi connectivity index (χ0n) is 13.9. The number of rotatable bonds is 4. The zero-order chi connectivity index (χ0) is 17.1. The number of aromatic amines is 1. The van der Waals surface area contributed by atoms with Crippen molar-refractivity contribution in [2.45, 2.75) is 0 Å². The molecular weight excluding hydrogens is 308 g/mol. The van der Waals surface area contributed by atoms with Crippen LogP contribution in [-0.4, -0.2) is 17.3 Å². The van der Waals surface area contributed by atoms with Crippen LogP contribution in [-0.2, 0) is 0 Å². The normalized spacial score (nSPS) is 10.6. The number of aromatic nitrogens is 2. The van der Waals surface area contributed by atoms with Crippen molar-refractivity contribution in [2.24, 2.45) is 0 Å². The van der Waals surface area contributed by atoms with Crippen LogP contribution in [0, 0.1) is 0 Å². The van der Waals surface area contributed by atoms with Gasteiger partial charge in [0, 0.05) is 5.56 Å². The van der Waals surface area contributed by atoms with Crippen molar-refractivity contribution in [3.63, 3.8) is 0 Å². The highest BCUT2D eigenvalue weighted by Gasteiger charge is 2.06. The lowest BCUT2D eigenvalue weighted by Gasteiger charge is -2.03. The van der Waals surface area contributed by atoms with Crippen molar-refractivity contribution >= 4 is 0 Å². The molecule has 0 aliphatic heterocycles. The second-order valence-electron chi connectivity index (χ2n) is 5.84. The summed E-state index contributed by atoms with van der Waals surface area (Å²) in [6, 6.07) is 28.9. The summed E-state index contributed by atoms with van der Waals surface area (Å²) in [5.41, 5.74) is 6.53. The van der Waals surface area contributed by atoms with Gasteiger partial charge in [0.1, 0.15) is 5.75 Å². The third kappa shape index (κ3) is 3.17. The smallest absolute Gasteiger partial charge is 0.118 e. The second kappa shape index (κ2) is 6.65. The van der Waals surface area contributed by atoms with Gasteiger partial charge in [0.15, 0.2) is 0 Å². The van der Waals surface area contributed by atoms with E-state index in [-0.39, 0.29) is 0 Å². The van der Waals surface area contributed by atoms with E-state index in [0.29, 0.717) is 0 Å². The summed E-state index contributed by atoms with van der Waals surface area (Å²) < 4.78 is 5.20. The molecule has 3 heteroatoms. The van der Waals surface area contributed by atoms with Crippen molar-refractivity contribution in [1.82, 2.24) is 10.2 Å². The average Bonchev–Trinajstić information content (AvgIpc) is 3.19. The molecule has 0 saturated heterocycles. The van der Waals surface area contributed by atoms with Gasteiger partial charge in [-0.15, -0.1) is 0 Å². The Morgan fingerprint density at radius 1 is 0.680 bits per heavy atom. The maximum atomic E-state index is 5.20. The van der Waals surface area contributed by atoms with Gasteiger partial charge in [-0.05, 0) is 47.0 Å². The third-order valence-corrected chi connectivity index (χ3v) is 4.27. The van der Waals surface area contributed by atoms with Crippen LogP contribution < -0.4 is 4.74 Å². The molecule has 3 aromatic carbocycles. The molecule has 1 heterocycles. The van der Waals surface area contributed by atoms with Crippen LogP contribution in [0.3, 0.4) is 0 Å². The van der Waals surface area contributed by atoms with E-state index in [2.05, 4.69) is 64.8 Å². The van der Waals surface area contributed by atoms with Crippen LogP contribution in [0.25, 0.3) is 33.6 Å². The highest BCUT2D eigenvalue weighted by atomic mass is 16.5. The Bertz CT molecular complexity index is 955. The summed E-state index contributed by atoms with van der Waals surface area (Å²) >= 11 is 0. The fourth-order valence-electron chi connectivity index (χ4n) is 2.85. The quantitative estimate of drug-likeness (QED) is 0.544. The van der Waals surface area contributed by atoms with Gasteiger partial charge >= 0.3 is 0 Å². The van der Waals surface area contributed by atoms with Crippen molar-refractivity contribution < 1.29 is 4.74 Å². The van der Waals surface area contributed by atoms with E-state index in [1.807, 2.05) is 30.3 Å². The van der Waals surface area contributed by atoms with Crippen LogP contribution in [0.5, 0.6) is 5.75 Å². The van der Waals surface area contributed by atoms with E-state index >= 15 is 0 Å². The number of nitrogens with one attached hydrogen (secondary N) is 1. The molecule has 0 spiro atoms. The molecule has 0 fully saturated rings. The fraction of sp³-hybridized carbons (Fsp3) is 0.0455. The molecule has 122 valence electrons. The molecule has 0 aliphatic rings. The predicted molar refractivity (Wildman–Crippen MR) is 101 cm³/mol. The van der Waals surface area contributed by atoms with Crippen molar-refractivity contribution in [3.05, 3.63) is 84.9 Å². The van der Waals surface area contributed by atoms with Crippen LogP contribution in [0.4, 0.5) is 0 Å². The summed E-state index contributed by atoms with van der Waals surface area (Å²) in [4.78, 5) is 0. The lowest BCUT2D eigenvalue weighted by molar-refractivity contribution is 0.415. The maximum absolute atomic E-state index is 5.20. The lowest BCUT2D eigenvalue weighted by Crippen LogP contribution is -1.82. The molecule has 4 rings (SSSR count). The summed E-state index contributed by atoms with van der Waals surface area (Å²) in [5.74, 6) is 0.844. The minimum atomic E-state index is 0.844. The molecule has 0 atom stereocenters. The van der Waals surface area contributed by atoms with E-state index < -0.39 is 0 Å². The first-order valence-electron chi connectivity index (χ1n) is 8.19. The molecule has 0 unspecified atom stereocenters. The first kappa shape index (κ1) is 15.2. The van der Waals surface area contributed by atoms with Gasteiger partial charge in [-0.25, -0.2) is 0 Å². The lowest BCUT2D eigenvalue weighted by atomic mass is 10.0. The molecule has 1 aromatic heterocycles. The average molecular weight is 326 g/mol. The van der Waals surface area contributed by atoms with Crippen LogP contribution in [0.15, 0.2) is 84.9 Å². The molecule has 0 aliphatic carbocycles. The summed E-state index contributed by atoms with van der Waals surface area (Å²) in [5, 5.41) is 7.56. The van der Waals surface area contributed by atoms with Crippen molar-refractivity contribution in [1.29, 1.82) is 0 Å². The molecule has 0 bridgehead atoms. The minimum Gasteiger partial charge on any atom is -0.497 e. The molecule has 4 aromatic rings. The molecule has 0 amide bonds. The number of ether oxygens (including phenoxy) is 1. The monoisotopic (exact) mass is 326 g/mol. The Kier molecular flexibility index (Phi) is 4.05. The van der Waals surface area contributed by atoms with Crippen molar-refractivity contribution in [3.8, 4) is 39.4 Å². The van der Waals surface area contributed by atoms with Crippen LogP contribution in [0.2, 0.25) is 0 Å². The summed E-state index contributed by atoms with van der Waals surface area (Å²) in [7, 11) is 1.67. The number of benzene rings is 3. The largest absolute Gasteiger partial charge is 0.497 e. The predicted octanol–water partition coefficient (Wildman–Crippen LogP) is 5.42. The minimum absolute atomic E-state index is 0.844. The van der Waals surface area contributed by atoms with Crippen LogP contribution in [0.1, 0.15) is 0 Å². The van der Waals surface area contributed by atoms with E-state index in [9.17, 15) is 0 Å². The SMILES string of the molecule is COc1ccc(-c2cc(-c3ccc(-c4ccccc4)cc3)[nH]n2)cc1. The van der Waals surface area contributed by atoms with Gasteiger partial charge < -0.3 is 4.74 Å². The highest BCUT2D eigenvalue weighted by molar-refractivity contribution is 5.71. The van der Waals surface area contributed by atoms with E-state index in [0.717, 1.165) is 28.3 Å². The fourth-order valence-corrected chi connectivity index (χ4v) is 2.85. The number of nitrogens with zero attached hydrogens (tertiary/aromatic N) is 1. The first-order chi connectivity index (χ1) is 12.3.